The first-order chi connectivity index (χ1) is 29.3. The van der Waals surface area contributed by atoms with Gasteiger partial charge in [0.2, 0.25) is 11.9 Å². The van der Waals surface area contributed by atoms with Crippen molar-refractivity contribution in [1.29, 1.82) is 0 Å². The third-order valence-corrected chi connectivity index (χ3v) is 11.0. The first-order valence-corrected chi connectivity index (χ1v) is 20.1. The molecule has 2 aromatic carbocycles. The topological polar surface area (TPSA) is 226 Å². The summed E-state index contributed by atoms with van der Waals surface area (Å²) in [6.07, 6.45) is 10.5. The maximum absolute atomic E-state index is 13.6. The van der Waals surface area contributed by atoms with Gasteiger partial charge in [0.1, 0.15) is 29.1 Å². The Labute approximate surface area is 344 Å². The van der Waals surface area contributed by atoms with E-state index in [1.807, 2.05) is 28.6 Å². The molecule has 18 nitrogen and oxygen atoms in total. The minimum atomic E-state index is -0.101. The number of anilines is 4. The minimum Gasteiger partial charge on any atom is -0.424 e. The second-order valence-corrected chi connectivity index (χ2v) is 14.9. The van der Waals surface area contributed by atoms with E-state index in [0.717, 1.165) is 22.3 Å². The Kier molecular flexibility index (Phi) is 10.7. The second kappa shape index (κ2) is 16.6. The van der Waals surface area contributed by atoms with Crippen LogP contribution in [0.5, 0.6) is 0 Å². The Hall–Kier alpha value is -7.08. The van der Waals surface area contributed by atoms with Gasteiger partial charge >= 0.3 is 0 Å². The largest absolute Gasteiger partial charge is 0.424 e. The third kappa shape index (κ3) is 8.00. The summed E-state index contributed by atoms with van der Waals surface area (Å²) in [5.41, 5.74) is 20.1. The molecule has 1 saturated heterocycles. The molecule has 2 aliphatic rings. The van der Waals surface area contributed by atoms with Gasteiger partial charge in [-0.2, -0.15) is 10.1 Å². The van der Waals surface area contributed by atoms with E-state index in [1.165, 1.54) is 11.9 Å². The van der Waals surface area contributed by atoms with Crippen molar-refractivity contribution in [2.45, 2.75) is 45.7 Å². The number of hydrogen-bond donors (Lipinski definition) is 2. The Bertz CT molecular complexity index is 2670. The first-order valence-electron chi connectivity index (χ1n) is 20.1. The zero-order chi connectivity index (χ0) is 41.2. The summed E-state index contributed by atoms with van der Waals surface area (Å²) >= 11 is 0. The number of Topliss-reactive ketones (excluding diaryl/α,β-unsaturated/α-hetero) is 1. The molecule has 306 valence electrons. The molecular formula is C42H44N14O4. The zero-order valence-electron chi connectivity index (χ0n) is 33.2. The van der Waals surface area contributed by atoms with Gasteiger partial charge in [-0.3, -0.25) is 9.59 Å². The summed E-state index contributed by atoms with van der Waals surface area (Å²) in [4.78, 5) is 63.1. The number of oxazole rings is 1. The standard InChI is InChI=1S/C42H44N14O4/c1-2-59-16-10-32(57)7-4-27-19-45-41(46-20-27)53-12-14-54(15-13-53)42-47-21-31(22-48-42)39(58)55-11-9-28-17-26(3-5-30(28)24-55)23-56-38-35(37(43)49-25-50-38)36(52-56)29-6-8-34-33(18-29)51-40(44)60-34/h3,5-6,8,17-22,25H,2,4,7,9-16,23-24H2,1H3,(H2,44,51)(H2,43,49,50). The predicted molar refractivity (Wildman–Crippen MR) is 224 cm³/mol. The summed E-state index contributed by atoms with van der Waals surface area (Å²) in [7, 11) is 0. The molecule has 7 heterocycles. The summed E-state index contributed by atoms with van der Waals surface area (Å²) in [5.74, 6) is 1.66. The first kappa shape index (κ1) is 38.4. The number of fused-ring (bicyclic) bond motifs is 3. The molecule has 0 atom stereocenters. The van der Waals surface area contributed by atoms with E-state index in [0.29, 0.717) is 136 Å². The fourth-order valence-electron chi connectivity index (χ4n) is 7.75. The smallest absolute Gasteiger partial charge is 0.292 e. The zero-order valence-corrected chi connectivity index (χ0v) is 33.2. The molecule has 9 rings (SSSR count). The number of amides is 1. The van der Waals surface area contributed by atoms with Crippen LogP contribution in [-0.2, 0) is 35.5 Å². The molecule has 5 aromatic heterocycles. The van der Waals surface area contributed by atoms with E-state index < -0.39 is 0 Å². The highest BCUT2D eigenvalue weighted by atomic mass is 16.5. The molecular weight excluding hydrogens is 765 g/mol. The number of benzene rings is 2. The molecule has 0 aliphatic carbocycles. The van der Waals surface area contributed by atoms with Crippen LogP contribution in [0.25, 0.3) is 33.4 Å². The Morgan fingerprint density at radius 1 is 0.817 bits per heavy atom. The summed E-state index contributed by atoms with van der Waals surface area (Å²) in [5, 5.41) is 5.60. The van der Waals surface area contributed by atoms with Gasteiger partial charge in [0.05, 0.1) is 24.1 Å². The van der Waals surface area contributed by atoms with E-state index in [-0.39, 0.29) is 17.7 Å². The van der Waals surface area contributed by atoms with E-state index in [2.05, 4.69) is 62.9 Å². The average Bonchev–Trinajstić information content (AvgIpc) is 3.85. The lowest BCUT2D eigenvalue weighted by Gasteiger charge is -2.34. The second-order valence-electron chi connectivity index (χ2n) is 14.9. The number of hydrogen-bond acceptors (Lipinski definition) is 16. The van der Waals surface area contributed by atoms with E-state index >= 15 is 0 Å². The summed E-state index contributed by atoms with van der Waals surface area (Å²) < 4.78 is 12.6. The van der Waals surface area contributed by atoms with Crippen molar-refractivity contribution in [2.24, 2.45) is 0 Å². The lowest BCUT2D eigenvalue weighted by Crippen LogP contribution is -2.47. The number of nitrogen functional groups attached to an aromatic ring is 2. The molecule has 1 fully saturated rings. The van der Waals surface area contributed by atoms with Crippen molar-refractivity contribution in [2.75, 3.05) is 67.2 Å². The van der Waals surface area contributed by atoms with E-state index in [4.69, 9.17) is 25.7 Å². The van der Waals surface area contributed by atoms with Crippen LogP contribution < -0.4 is 21.3 Å². The molecule has 7 aromatic rings. The lowest BCUT2D eigenvalue weighted by molar-refractivity contribution is -0.120. The fraction of sp³-hybridized carbons (Fsp3) is 0.333. The van der Waals surface area contributed by atoms with E-state index in [9.17, 15) is 9.59 Å². The fourth-order valence-corrected chi connectivity index (χ4v) is 7.75. The van der Waals surface area contributed by atoms with Crippen molar-refractivity contribution in [3.05, 3.63) is 95.3 Å². The number of nitrogens with two attached hydrogens (primary N) is 2. The molecule has 60 heavy (non-hydrogen) atoms. The van der Waals surface area contributed by atoms with Crippen molar-refractivity contribution < 1.29 is 18.7 Å². The number of carbonyl (C=O) groups excluding carboxylic acids is 2. The molecule has 0 spiro atoms. The summed E-state index contributed by atoms with van der Waals surface area (Å²) in [6, 6.07) is 12.0. The van der Waals surface area contributed by atoms with Crippen LogP contribution in [-0.4, -0.2) is 107 Å². The van der Waals surface area contributed by atoms with Crippen LogP contribution in [0.1, 0.15) is 52.4 Å². The van der Waals surface area contributed by atoms with Gasteiger partial charge in [0.15, 0.2) is 11.2 Å². The number of piperazine rings is 1. The Morgan fingerprint density at radius 3 is 2.32 bits per heavy atom. The normalized spacial score (nSPS) is 14.2. The van der Waals surface area contributed by atoms with Gasteiger partial charge in [-0.25, -0.2) is 34.6 Å². The third-order valence-electron chi connectivity index (χ3n) is 11.0. The average molecular weight is 809 g/mol. The van der Waals surface area contributed by atoms with Crippen molar-refractivity contribution in [3.63, 3.8) is 0 Å². The van der Waals surface area contributed by atoms with Gasteiger partial charge in [-0.05, 0) is 60.2 Å². The minimum absolute atomic E-state index is 0.0956. The Morgan fingerprint density at radius 2 is 1.57 bits per heavy atom. The number of rotatable bonds is 13. The monoisotopic (exact) mass is 808 g/mol. The maximum Gasteiger partial charge on any atom is 0.292 e. The number of ketones is 1. The van der Waals surface area contributed by atoms with Gasteiger partial charge in [0.25, 0.3) is 11.9 Å². The SMILES string of the molecule is CCOCCC(=O)CCc1cnc(N2CCN(c3ncc(C(=O)N4CCc5cc(Cn6nc(-c7ccc8oc(N)nc8c7)c7c(N)ncnc76)ccc5C4)cn3)CC2)nc1. The van der Waals surface area contributed by atoms with Gasteiger partial charge < -0.3 is 35.3 Å². The predicted octanol–water partition coefficient (Wildman–Crippen LogP) is 3.88. The van der Waals surface area contributed by atoms with Gasteiger partial charge in [-0.1, -0.05) is 18.2 Å². The molecule has 2 aliphatic heterocycles. The number of ether oxygens (including phenoxy) is 1. The number of aryl methyl sites for hydroxylation is 1. The van der Waals surface area contributed by atoms with Crippen molar-refractivity contribution in [1.82, 2.24) is 49.6 Å². The Balaban J connectivity index is 0.797. The highest BCUT2D eigenvalue weighted by Crippen LogP contribution is 2.33. The molecule has 0 radical (unpaired) electrons. The number of carbonyl (C=O) groups is 2. The lowest BCUT2D eigenvalue weighted by atomic mass is 9.97. The molecule has 0 saturated carbocycles. The van der Waals surface area contributed by atoms with Crippen LogP contribution in [0.2, 0.25) is 0 Å². The highest BCUT2D eigenvalue weighted by molar-refractivity contribution is 5.99. The number of nitrogens with zero attached hydrogens (tertiary/aromatic N) is 12. The van der Waals surface area contributed by atoms with Crippen molar-refractivity contribution in [3.8, 4) is 11.3 Å². The highest BCUT2D eigenvalue weighted by Gasteiger charge is 2.25. The van der Waals surface area contributed by atoms with Crippen LogP contribution >= 0.6 is 0 Å². The maximum atomic E-state index is 13.6. The van der Waals surface area contributed by atoms with Gasteiger partial charge in [-0.15, -0.1) is 0 Å². The van der Waals surface area contributed by atoms with E-state index in [1.54, 1.807) is 30.9 Å². The molecule has 0 bridgehead atoms. The van der Waals surface area contributed by atoms with Crippen LogP contribution in [0.4, 0.5) is 23.7 Å². The summed E-state index contributed by atoms with van der Waals surface area (Å²) in [6.45, 7) is 7.30. The number of aromatic nitrogens is 9. The quantitative estimate of drug-likeness (QED) is 0.158. The molecule has 4 N–H and O–H groups in total. The van der Waals surface area contributed by atoms with Crippen LogP contribution in [0.3, 0.4) is 0 Å². The van der Waals surface area contributed by atoms with Crippen LogP contribution in [0, 0.1) is 0 Å². The molecule has 18 heteroatoms. The molecule has 1 amide bonds. The van der Waals surface area contributed by atoms with Gasteiger partial charge in [0, 0.05) is 89.1 Å². The molecule has 0 unspecified atom stereocenters. The van der Waals surface area contributed by atoms with Crippen molar-refractivity contribution >= 4 is 57.6 Å². The van der Waals surface area contributed by atoms with Crippen LogP contribution in [0.15, 0.2) is 71.9 Å².